The molecule has 0 bridgehead atoms. The van der Waals surface area contributed by atoms with Crippen LogP contribution in [0.4, 0.5) is 4.79 Å². The summed E-state index contributed by atoms with van der Waals surface area (Å²) in [6, 6.07) is 17.0. The molecular weight excluding hydrogens is 370 g/mol. The Morgan fingerprint density at radius 2 is 1.97 bits per heavy atom. The highest BCUT2D eigenvalue weighted by Crippen LogP contribution is 2.31. The van der Waals surface area contributed by atoms with Crippen molar-refractivity contribution in [2.24, 2.45) is 10.9 Å². The zero-order valence-electron chi connectivity index (χ0n) is 16.4. The van der Waals surface area contributed by atoms with Crippen LogP contribution in [0.25, 0.3) is 0 Å². The SMILES string of the molecule is C=CC[C@@H]1OC(c2ccc(OC)cc2)OCC1C=NC(=O)OCc1ccccc1. The van der Waals surface area contributed by atoms with Crippen molar-refractivity contribution in [3.8, 4) is 5.75 Å². The van der Waals surface area contributed by atoms with Gasteiger partial charge < -0.3 is 18.9 Å². The third-order valence-corrected chi connectivity index (χ3v) is 4.58. The van der Waals surface area contributed by atoms with Gasteiger partial charge in [0.05, 0.1) is 19.8 Å². The van der Waals surface area contributed by atoms with Gasteiger partial charge in [-0.05, 0) is 24.1 Å². The fourth-order valence-corrected chi connectivity index (χ4v) is 2.99. The average Bonchev–Trinajstić information content (AvgIpc) is 2.78. The van der Waals surface area contributed by atoms with Crippen LogP contribution in [-0.4, -0.2) is 32.1 Å². The van der Waals surface area contributed by atoms with Gasteiger partial charge >= 0.3 is 6.09 Å². The van der Waals surface area contributed by atoms with Crippen LogP contribution in [-0.2, 0) is 20.8 Å². The van der Waals surface area contributed by atoms with Crippen molar-refractivity contribution < 1.29 is 23.7 Å². The van der Waals surface area contributed by atoms with Crippen LogP contribution in [0, 0.1) is 5.92 Å². The number of rotatable bonds is 7. The maximum absolute atomic E-state index is 11.9. The lowest BCUT2D eigenvalue weighted by Crippen LogP contribution is -2.37. The molecule has 0 spiro atoms. The Kier molecular flexibility index (Phi) is 7.55. The summed E-state index contributed by atoms with van der Waals surface area (Å²) in [5, 5.41) is 0. The molecule has 6 nitrogen and oxygen atoms in total. The van der Waals surface area contributed by atoms with Gasteiger partial charge in [0.25, 0.3) is 0 Å². The predicted octanol–water partition coefficient (Wildman–Crippen LogP) is 4.71. The Morgan fingerprint density at radius 3 is 2.66 bits per heavy atom. The predicted molar refractivity (Wildman–Crippen MR) is 110 cm³/mol. The molecule has 29 heavy (non-hydrogen) atoms. The highest BCUT2D eigenvalue weighted by atomic mass is 16.7. The summed E-state index contributed by atoms with van der Waals surface area (Å²) in [5.41, 5.74) is 1.81. The minimum atomic E-state index is -0.636. The van der Waals surface area contributed by atoms with Gasteiger partial charge in [0.2, 0.25) is 0 Å². The van der Waals surface area contributed by atoms with Crippen LogP contribution in [0.2, 0.25) is 0 Å². The number of carbonyl (C=O) groups is 1. The van der Waals surface area contributed by atoms with E-state index < -0.39 is 12.4 Å². The second-order valence-electron chi connectivity index (χ2n) is 6.62. The average molecular weight is 395 g/mol. The number of amides is 1. The van der Waals surface area contributed by atoms with Crippen LogP contribution >= 0.6 is 0 Å². The first-order valence-electron chi connectivity index (χ1n) is 9.46. The van der Waals surface area contributed by atoms with Crippen LogP contribution in [0.5, 0.6) is 5.75 Å². The quantitative estimate of drug-likeness (QED) is 0.502. The van der Waals surface area contributed by atoms with Gasteiger partial charge in [-0.25, -0.2) is 4.79 Å². The molecule has 1 saturated heterocycles. The van der Waals surface area contributed by atoms with Crippen LogP contribution in [0.1, 0.15) is 23.8 Å². The second-order valence-corrected chi connectivity index (χ2v) is 6.62. The molecule has 2 aromatic carbocycles. The molecule has 1 amide bonds. The van der Waals surface area contributed by atoms with E-state index in [-0.39, 0.29) is 18.6 Å². The first-order valence-corrected chi connectivity index (χ1v) is 9.46. The Labute approximate surface area is 170 Å². The summed E-state index contributed by atoms with van der Waals surface area (Å²) in [5.74, 6) is 0.595. The summed E-state index contributed by atoms with van der Waals surface area (Å²) >= 11 is 0. The lowest BCUT2D eigenvalue weighted by Gasteiger charge is -2.34. The fourth-order valence-electron chi connectivity index (χ4n) is 2.99. The number of aliphatic imine (C=N–C) groups is 1. The van der Waals surface area contributed by atoms with E-state index in [9.17, 15) is 4.79 Å². The minimum Gasteiger partial charge on any atom is -0.497 e. The summed E-state index contributed by atoms with van der Waals surface area (Å²) in [6.07, 6.45) is 2.63. The molecule has 1 fully saturated rings. The van der Waals surface area contributed by atoms with E-state index in [1.807, 2.05) is 54.6 Å². The van der Waals surface area contributed by atoms with Gasteiger partial charge in [0, 0.05) is 17.7 Å². The monoisotopic (exact) mass is 395 g/mol. The molecule has 3 rings (SSSR count). The van der Waals surface area contributed by atoms with Gasteiger partial charge in [-0.2, -0.15) is 4.99 Å². The van der Waals surface area contributed by atoms with Crippen molar-refractivity contribution in [2.45, 2.75) is 25.4 Å². The van der Waals surface area contributed by atoms with Gasteiger partial charge in [-0.1, -0.05) is 48.5 Å². The lowest BCUT2D eigenvalue weighted by atomic mass is 10.00. The van der Waals surface area contributed by atoms with Gasteiger partial charge in [-0.3, -0.25) is 0 Å². The van der Waals surface area contributed by atoms with Crippen LogP contribution < -0.4 is 4.74 Å². The maximum Gasteiger partial charge on any atom is 0.433 e. The fraction of sp³-hybridized carbons (Fsp3) is 0.304. The zero-order chi connectivity index (χ0) is 20.5. The van der Waals surface area contributed by atoms with E-state index in [0.717, 1.165) is 16.9 Å². The summed E-state index contributed by atoms with van der Waals surface area (Å²) in [6.45, 7) is 4.36. The first-order chi connectivity index (χ1) is 14.2. The van der Waals surface area contributed by atoms with Gasteiger partial charge in [0.1, 0.15) is 12.4 Å². The molecule has 0 N–H and O–H groups in total. The molecule has 0 aliphatic carbocycles. The van der Waals surface area contributed by atoms with Crippen molar-refractivity contribution in [1.29, 1.82) is 0 Å². The number of carbonyl (C=O) groups excluding carboxylic acids is 1. The normalized spacial score (nSPS) is 21.6. The maximum atomic E-state index is 11.9. The Balaban J connectivity index is 1.56. The number of nitrogens with zero attached hydrogens (tertiary/aromatic N) is 1. The Morgan fingerprint density at radius 1 is 1.21 bits per heavy atom. The highest BCUT2D eigenvalue weighted by Gasteiger charge is 2.31. The van der Waals surface area contributed by atoms with Gasteiger partial charge in [-0.15, -0.1) is 6.58 Å². The van der Waals surface area contributed by atoms with Gasteiger partial charge in [0.15, 0.2) is 6.29 Å². The topological polar surface area (TPSA) is 66.3 Å². The third-order valence-electron chi connectivity index (χ3n) is 4.58. The zero-order valence-corrected chi connectivity index (χ0v) is 16.4. The van der Waals surface area contributed by atoms with Crippen molar-refractivity contribution in [2.75, 3.05) is 13.7 Å². The smallest absolute Gasteiger partial charge is 0.433 e. The van der Waals surface area contributed by atoms with Crippen molar-refractivity contribution in [3.05, 3.63) is 78.4 Å². The summed E-state index contributed by atoms with van der Waals surface area (Å²) in [7, 11) is 1.62. The van der Waals surface area contributed by atoms with E-state index in [0.29, 0.717) is 13.0 Å². The molecule has 1 aliphatic rings. The molecule has 1 heterocycles. The summed E-state index contributed by atoms with van der Waals surface area (Å²) < 4.78 is 22.3. The lowest BCUT2D eigenvalue weighted by molar-refractivity contribution is -0.228. The number of hydrogen-bond donors (Lipinski definition) is 0. The van der Waals surface area contributed by atoms with E-state index >= 15 is 0 Å². The molecule has 3 atom stereocenters. The largest absolute Gasteiger partial charge is 0.497 e. The second kappa shape index (κ2) is 10.5. The molecule has 6 heteroatoms. The number of methoxy groups -OCH3 is 1. The number of benzene rings is 2. The van der Waals surface area contributed by atoms with Crippen molar-refractivity contribution in [3.63, 3.8) is 0 Å². The van der Waals surface area contributed by atoms with Crippen LogP contribution in [0.15, 0.2) is 72.2 Å². The molecule has 0 radical (unpaired) electrons. The molecule has 152 valence electrons. The summed E-state index contributed by atoms with van der Waals surface area (Å²) in [4.78, 5) is 15.9. The van der Waals surface area contributed by atoms with E-state index in [1.165, 1.54) is 0 Å². The standard InChI is InChI=1S/C23H25NO5/c1-3-7-21-19(14-24-23(25)28-15-17-8-5-4-6-9-17)16-27-22(29-21)18-10-12-20(26-2)13-11-18/h3-6,8-14,19,21-22H,1,7,15-16H2,2H3/t19?,21-,22?/m0/s1. The van der Waals surface area contributed by atoms with E-state index in [1.54, 1.807) is 19.4 Å². The highest BCUT2D eigenvalue weighted by molar-refractivity contribution is 5.80. The Hall–Kier alpha value is -2.96. The molecule has 2 aromatic rings. The Bertz CT molecular complexity index is 819. The van der Waals surface area contributed by atoms with E-state index in [2.05, 4.69) is 11.6 Å². The minimum absolute atomic E-state index is 0.174. The molecular formula is C23H25NO5. The van der Waals surface area contributed by atoms with Crippen molar-refractivity contribution in [1.82, 2.24) is 0 Å². The number of ether oxygens (including phenoxy) is 4. The van der Waals surface area contributed by atoms with Crippen LogP contribution in [0.3, 0.4) is 0 Å². The number of hydrogen-bond acceptors (Lipinski definition) is 5. The molecule has 0 saturated carbocycles. The van der Waals surface area contributed by atoms with Crippen molar-refractivity contribution >= 4 is 12.3 Å². The third kappa shape index (κ3) is 6.01. The van der Waals surface area contributed by atoms with E-state index in [4.69, 9.17) is 18.9 Å². The molecule has 1 aliphatic heterocycles. The molecule has 2 unspecified atom stereocenters. The first kappa shape index (κ1) is 20.8. The molecule has 0 aromatic heterocycles.